The van der Waals surface area contributed by atoms with Gasteiger partial charge in [0.25, 0.3) is 0 Å². The third kappa shape index (κ3) is 4.52. The summed E-state index contributed by atoms with van der Waals surface area (Å²) in [6.45, 7) is 14.3. The van der Waals surface area contributed by atoms with Gasteiger partial charge in [-0.15, -0.1) is 0 Å². The summed E-state index contributed by atoms with van der Waals surface area (Å²) in [6.07, 6.45) is 2.40. The Kier molecular flexibility index (Phi) is 6.61. The predicted octanol–water partition coefficient (Wildman–Crippen LogP) is 2.37. The molecular formula is C15H32N2O. The van der Waals surface area contributed by atoms with E-state index in [0.717, 1.165) is 32.8 Å². The van der Waals surface area contributed by atoms with Crippen LogP contribution in [-0.2, 0) is 4.74 Å². The van der Waals surface area contributed by atoms with E-state index < -0.39 is 0 Å². The van der Waals surface area contributed by atoms with Crippen molar-refractivity contribution in [2.45, 2.75) is 46.6 Å². The van der Waals surface area contributed by atoms with Crippen molar-refractivity contribution >= 4 is 0 Å². The van der Waals surface area contributed by atoms with Gasteiger partial charge < -0.3 is 15.0 Å². The maximum Gasteiger partial charge on any atom is 0.0547 e. The first-order chi connectivity index (χ1) is 8.51. The second kappa shape index (κ2) is 7.46. The minimum absolute atomic E-state index is 0.326. The zero-order chi connectivity index (χ0) is 13.6. The Morgan fingerprint density at radius 3 is 2.56 bits per heavy atom. The summed E-state index contributed by atoms with van der Waals surface area (Å²) in [5, 5.41) is 3.58. The maximum absolute atomic E-state index is 5.67. The topological polar surface area (TPSA) is 24.5 Å². The van der Waals surface area contributed by atoms with Gasteiger partial charge in [-0.1, -0.05) is 20.8 Å². The fourth-order valence-electron chi connectivity index (χ4n) is 2.68. The van der Waals surface area contributed by atoms with Crippen LogP contribution < -0.4 is 5.32 Å². The van der Waals surface area contributed by atoms with Crippen LogP contribution in [0, 0.1) is 11.3 Å². The van der Waals surface area contributed by atoms with Gasteiger partial charge in [0, 0.05) is 31.2 Å². The molecule has 0 aromatic heterocycles. The van der Waals surface area contributed by atoms with E-state index in [4.69, 9.17) is 4.74 Å². The minimum Gasteiger partial charge on any atom is -0.381 e. The molecule has 1 rings (SSSR count). The lowest BCUT2D eigenvalue weighted by molar-refractivity contribution is 0.0929. The van der Waals surface area contributed by atoms with Crippen LogP contribution >= 0.6 is 0 Å². The fraction of sp³-hybridized carbons (Fsp3) is 1.00. The van der Waals surface area contributed by atoms with Crippen molar-refractivity contribution in [2.24, 2.45) is 11.3 Å². The number of hydrogen-bond acceptors (Lipinski definition) is 3. The number of rotatable bonds is 8. The van der Waals surface area contributed by atoms with Gasteiger partial charge in [0.1, 0.15) is 0 Å². The highest BCUT2D eigenvalue weighted by molar-refractivity contribution is 4.89. The Balaban J connectivity index is 2.51. The minimum atomic E-state index is 0.326. The molecule has 1 heterocycles. The van der Waals surface area contributed by atoms with Gasteiger partial charge >= 0.3 is 0 Å². The lowest BCUT2D eigenvalue weighted by atomic mass is 9.85. The number of hydrogen-bond donors (Lipinski definition) is 1. The second-order valence-electron chi connectivity index (χ2n) is 6.38. The first-order valence-corrected chi connectivity index (χ1v) is 7.49. The van der Waals surface area contributed by atoms with Crippen LogP contribution in [0.1, 0.15) is 40.5 Å². The molecule has 2 atom stereocenters. The molecule has 2 unspecified atom stereocenters. The monoisotopic (exact) mass is 256 g/mol. The fourth-order valence-corrected chi connectivity index (χ4v) is 2.68. The summed E-state index contributed by atoms with van der Waals surface area (Å²) >= 11 is 0. The van der Waals surface area contributed by atoms with Gasteiger partial charge in [0.15, 0.2) is 0 Å². The largest absolute Gasteiger partial charge is 0.381 e. The van der Waals surface area contributed by atoms with Crippen molar-refractivity contribution in [3.63, 3.8) is 0 Å². The van der Waals surface area contributed by atoms with Gasteiger partial charge in [0.05, 0.1) is 6.61 Å². The average Bonchev–Trinajstić information content (AvgIpc) is 2.77. The summed E-state index contributed by atoms with van der Waals surface area (Å²) in [5.74, 6) is 0.706. The quantitative estimate of drug-likeness (QED) is 0.675. The SMILES string of the molecule is CCCNCC1(CN(C)C(C)C(C)C)CCOC1. The molecule has 0 bridgehead atoms. The van der Waals surface area contributed by atoms with Crippen LogP contribution in [-0.4, -0.2) is 50.8 Å². The molecule has 1 aliphatic rings. The smallest absolute Gasteiger partial charge is 0.0547 e. The molecule has 0 saturated carbocycles. The highest BCUT2D eigenvalue weighted by atomic mass is 16.5. The van der Waals surface area contributed by atoms with Crippen molar-refractivity contribution in [3.05, 3.63) is 0 Å². The van der Waals surface area contributed by atoms with E-state index in [0.29, 0.717) is 17.4 Å². The molecule has 0 spiro atoms. The third-order valence-electron chi connectivity index (χ3n) is 4.36. The second-order valence-corrected chi connectivity index (χ2v) is 6.38. The van der Waals surface area contributed by atoms with E-state index in [1.165, 1.54) is 12.8 Å². The van der Waals surface area contributed by atoms with Crippen LogP contribution in [0.4, 0.5) is 0 Å². The molecule has 0 radical (unpaired) electrons. The van der Waals surface area contributed by atoms with Crippen molar-refractivity contribution in [1.29, 1.82) is 0 Å². The van der Waals surface area contributed by atoms with Crippen LogP contribution in [0.2, 0.25) is 0 Å². The van der Waals surface area contributed by atoms with Crippen LogP contribution in [0.25, 0.3) is 0 Å². The van der Waals surface area contributed by atoms with Crippen molar-refractivity contribution in [2.75, 3.05) is 39.9 Å². The predicted molar refractivity (Wildman–Crippen MR) is 78.0 cm³/mol. The zero-order valence-corrected chi connectivity index (χ0v) is 13.0. The molecule has 0 aromatic rings. The summed E-state index contributed by atoms with van der Waals surface area (Å²) in [6, 6.07) is 0.633. The van der Waals surface area contributed by atoms with E-state index >= 15 is 0 Å². The Morgan fingerprint density at radius 2 is 2.06 bits per heavy atom. The summed E-state index contributed by atoms with van der Waals surface area (Å²) in [4.78, 5) is 2.51. The highest BCUT2D eigenvalue weighted by Gasteiger charge is 2.36. The van der Waals surface area contributed by atoms with Gasteiger partial charge in [-0.05, 0) is 39.3 Å². The summed E-state index contributed by atoms with van der Waals surface area (Å²) < 4.78 is 5.67. The zero-order valence-electron chi connectivity index (χ0n) is 13.0. The highest BCUT2D eigenvalue weighted by Crippen LogP contribution is 2.30. The molecule has 3 nitrogen and oxygen atoms in total. The first kappa shape index (κ1) is 15.9. The lowest BCUT2D eigenvalue weighted by Crippen LogP contribution is -2.47. The van der Waals surface area contributed by atoms with E-state index in [-0.39, 0.29) is 0 Å². The molecule has 1 aliphatic heterocycles. The van der Waals surface area contributed by atoms with E-state index in [2.05, 4.69) is 45.0 Å². The van der Waals surface area contributed by atoms with E-state index in [9.17, 15) is 0 Å². The molecule has 0 aliphatic carbocycles. The Labute approximate surface area is 113 Å². The third-order valence-corrected chi connectivity index (χ3v) is 4.36. The molecule has 1 saturated heterocycles. The Morgan fingerprint density at radius 1 is 1.33 bits per heavy atom. The normalized spacial score (nSPS) is 26.2. The lowest BCUT2D eigenvalue weighted by Gasteiger charge is -2.37. The van der Waals surface area contributed by atoms with Crippen LogP contribution in [0.5, 0.6) is 0 Å². The van der Waals surface area contributed by atoms with Crippen molar-refractivity contribution < 1.29 is 4.74 Å². The van der Waals surface area contributed by atoms with Crippen molar-refractivity contribution in [1.82, 2.24) is 10.2 Å². The number of ether oxygens (including phenoxy) is 1. The Bertz CT molecular complexity index is 225. The Hall–Kier alpha value is -0.120. The van der Waals surface area contributed by atoms with Crippen molar-refractivity contribution in [3.8, 4) is 0 Å². The van der Waals surface area contributed by atoms with Crippen LogP contribution in [0.3, 0.4) is 0 Å². The average molecular weight is 256 g/mol. The van der Waals surface area contributed by atoms with Gasteiger partial charge in [-0.25, -0.2) is 0 Å². The van der Waals surface area contributed by atoms with Crippen LogP contribution in [0.15, 0.2) is 0 Å². The molecule has 1 fully saturated rings. The van der Waals surface area contributed by atoms with E-state index in [1.807, 2.05) is 0 Å². The summed E-state index contributed by atoms with van der Waals surface area (Å²) in [5.41, 5.74) is 0.326. The molecule has 3 heteroatoms. The molecule has 0 amide bonds. The van der Waals surface area contributed by atoms with Gasteiger partial charge in [-0.3, -0.25) is 0 Å². The standard InChI is InChI=1S/C15H32N2O/c1-6-8-16-10-15(7-9-18-12-15)11-17(5)14(4)13(2)3/h13-14,16H,6-12H2,1-5H3. The van der Waals surface area contributed by atoms with Gasteiger partial charge in [-0.2, -0.15) is 0 Å². The molecule has 108 valence electrons. The van der Waals surface area contributed by atoms with E-state index in [1.54, 1.807) is 0 Å². The molecule has 1 N–H and O–H groups in total. The molecule has 18 heavy (non-hydrogen) atoms. The summed E-state index contributed by atoms with van der Waals surface area (Å²) in [7, 11) is 2.25. The molecular weight excluding hydrogens is 224 g/mol. The number of nitrogens with one attached hydrogen (secondary N) is 1. The maximum atomic E-state index is 5.67. The molecule has 0 aromatic carbocycles. The number of nitrogens with zero attached hydrogens (tertiary/aromatic N) is 1. The first-order valence-electron chi connectivity index (χ1n) is 7.49. The van der Waals surface area contributed by atoms with Gasteiger partial charge in [0.2, 0.25) is 0 Å².